The Morgan fingerprint density at radius 1 is 0.538 bits per heavy atom. The molecule has 0 aromatic heterocycles. The average molecular weight is 738 g/mol. The minimum atomic E-state index is -5.04. The van der Waals surface area contributed by atoms with Crippen LogP contribution in [0.25, 0.3) is 21.9 Å². The third kappa shape index (κ3) is 7.67. The maximum atomic E-state index is 12.4. The molecule has 0 atom stereocenters. The molecule has 0 amide bonds. The molecule has 6 aromatic rings. The lowest BCUT2D eigenvalue weighted by atomic mass is 10.0. The Hall–Kier alpha value is -6.40. The normalized spacial score (nSPS) is 12.4. The molecule has 0 aliphatic carbocycles. The summed E-state index contributed by atoms with van der Waals surface area (Å²) in [5, 5.41) is 44.6. The highest BCUT2D eigenvalue weighted by molar-refractivity contribution is 7.86. The monoisotopic (exact) mass is 737 g/mol. The van der Waals surface area contributed by atoms with Gasteiger partial charge in [0.15, 0.2) is 5.75 Å². The lowest BCUT2D eigenvalue weighted by Crippen LogP contribution is -2.03. The number of aromatic hydroxyl groups is 2. The third-order valence-corrected chi connectivity index (χ3v) is 9.42. The molecule has 6 rings (SSSR count). The topological polar surface area (TPSA) is 249 Å². The molecule has 0 aliphatic rings. The second kappa shape index (κ2) is 14.1. The van der Waals surface area contributed by atoms with Gasteiger partial charge in [-0.25, -0.2) is 0 Å². The molecule has 0 saturated heterocycles. The molecule has 17 heteroatoms. The summed E-state index contributed by atoms with van der Waals surface area (Å²) in [5.41, 5.74) is 8.67. The van der Waals surface area contributed by atoms with E-state index in [0.717, 1.165) is 23.3 Å². The van der Waals surface area contributed by atoms with Crippen LogP contribution in [0.2, 0.25) is 0 Å². The highest BCUT2D eigenvalue weighted by Gasteiger charge is 2.28. The fourth-order valence-corrected chi connectivity index (χ4v) is 6.40. The van der Waals surface area contributed by atoms with E-state index < -0.39 is 52.8 Å². The van der Waals surface area contributed by atoms with Gasteiger partial charge < -0.3 is 15.9 Å². The minimum absolute atomic E-state index is 0.174. The van der Waals surface area contributed by atoms with Crippen LogP contribution in [-0.4, -0.2) is 36.2 Å². The van der Waals surface area contributed by atoms with Crippen LogP contribution >= 0.6 is 0 Å². The van der Waals surface area contributed by atoms with Crippen LogP contribution in [0.5, 0.6) is 11.5 Å². The summed E-state index contributed by atoms with van der Waals surface area (Å²) in [4.78, 5) is -1.73. The number of aryl methyl sites for hydroxylation is 1. The summed E-state index contributed by atoms with van der Waals surface area (Å²) in [6.45, 7) is 1.76. The number of nitrogens with two attached hydrogens (primary N) is 1. The third-order valence-electron chi connectivity index (χ3n) is 7.69. The van der Waals surface area contributed by atoms with Crippen molar-refractivity contribution in [1.82, 2.24) is 0 Å². The van der Waals surface area contributed by atoms with Crippen molar-refractivity contribution >= 4 is 70.8 Å². The Bertz CT molecular complexity index is 2650. The van der Waals surface area contributed by atoms with Crippen molar-refractivity contribution in [2.45, 2.75) is 16.7 Å². The number of hydrogen-bond donors (Lipinski definition) is 5. The van der Waals surface area contributed by atoms with Crippen molar-refractivity contribution in [3.8, 4) is 22.6 Å². The zero-order valence-corrected chi connectivity index (χ0v) is 28.5. The summed E-state index contributed by atoms with van der Waals surface area (Å²) in [6.07, 6.45) is 0. The fourth-order valence-electron chi connectivity index (χ4n) is 5.07. The second-order valence-corrected chi connectivity index (χ2v) is 14.0. The molecule has 0 radical (unpaired) electrons. The van der Waals surface area contributed by atoms with E-state index in [0.29, 0.717) is 22.6 Å². The molecule has 0 heterocycles. The Kier molecular flexibility index (Phi) is 9.59. The van der Waals surface area contributed by atoms with Gasteiger partial charge in [-0.1, -0.05) is 42.5 Å². The van der Waals surface area contributed by atoms with Gasteiger partial charge in [0.05, 0.1) is 33.8 Å². The van der Waals surface area contributed by atoms with E-state index in [2.05, 4.69) is 30.7 Å². The average Bonchev–Trinajstić information content (AvgIpc) is 3.11. The summed E-state index contributed by atoms with van der Waals surface area (Å²) in [7, 11) is -10.1. The first-order valence-electron chi connectivity index (χ1n) is 15.1. The number of azo groups is 3. The zero-order chi connectivity index (χ0) is 37.2. The summed E-state index contributed by atoms with van der Waals surface area (Å²) in [6, 6.07) is 28.6. The molecule has 15 nitrogen and oxygen atoms in total. The maximum Gasteiger partial charge on any atom is 0.296 e. The van der Waals surface area contributed by atoms with E-state index in [1.807, 2.05) is 12.1 Å². The van der Waals surface area contributed by atoms with Crippen LogP contribution < -0.4 is 5.73 Å². The summed E-state index contributed by atoms with van der Waals surface area (Å²) in [5.74, 6) is -0.679. The molecule has 0 unspecified atom stereocenters. The molecule has 6 N–H and O–H groups in total. The molecule has 0 spiro atoms. The highest BCUT2D eigenvalue weighted by Crippen LogP contribution is 2.48. The van der Waals surface area contributed by atoms with Crippen molar-refractivity contribution in [3.63, 3.8) is 0 Å². The predicted molar refractivity (Wildman–Crippen MR) is 193 cm³/mol. The fraction of sp³-hybridized carbons (Fsp3) is 0.0286. The van der Waals surface area contributed by atoms with Crippen LogP contribution in [0, 0.1) is 6.92 Å². The number of hydrogen-bond acceptors (Lipinski definition) is 13. The standard InChI is InChI=1S/C35H27N7O8S2/c1-20-17-27(15-16-28(20)43)40-37-25-11-7-21(8-12-25)22-9-13-26(14-10-22)39-41-33-29(51(45,46)47)18-23-19-30(52(48,49)50)34(35(44)31(23)32(33)36)42-38-24-5-3-2-4-6-24/h2-19,43-44H,36H2,1H3,(H,45,46,47)(H,48,49,50). The Labute approximate surface area is 296 Å². The minimum Gasteiger partial charge on any atom is -0.508 e. The lowest BCUT2D eigenvalue weighted by Gasteiger charge is -2.14. The van der Waals surface area contributed by atoms with Gasteiger partial charge in [0.1, 0.15) is 26.9 Å². The van der Waals surface area contributed by atoms with Crippen molar-refractivity contribution < 1.29 is 36.2 Å². The van der Waals surface area contributed by atoms with E-state index in [-0.39, 0.29) is 22.2 Å². The number of fused-ring (bicyclic) bond motifs is 1. The molecule has 0 fully saturated rings. The molecular formula is C35H27N7O8S2. The van der Waals surface area contributed by atoms with E-state index in [1.54, 1.807) is 91.9 Å². The number of phenolic OH excluding ortho intramolecular Hbond substituents is 2. The SMILES string of the molecule is Cc1cc(N=Nc2ccc(-c3ccc(N=Nc4c(S(=O)(=O)O)cc5cc(S(=O)(=O)O)c(N=Nc6ccccc6)c(O)c5c4N)cc3)cc2)ccc1O. The Balaban J connectivity index is 1.33. The van der Waals surface area contributed by atoms with Crippen LogP contribution in [0.15, 0.2) is 150 Å². The Morgan fingerprint density at radius 2 is 0.981 bits per heavy atom. The van der Waals surface area contributed by atoms with Crippen molar-refractivity contribution in [2.75, 3.05) is 5.73 Å². The highest BCUT2D eigenvalue weighted by atomic mass is 32.2. The first kappa shape index (κ1) is 35.4. The first-order valence-corrected chi connectivity index (χ1v) is 17.9. The lowest BCUT2D eigenvalue weighted by molar-refractivity contribution is 0.471. The van der Waals surface area contributed by atoms with Crippen molar-refractivity contribution in [3.05, 3.63) is 115 Å². The molecule has 0 aliphatic heterocycles. The molecule has 262 valence electrons. The van der Waals surface area contributed by atoms with E-state index >= 15 is 0 Å². The van der Waals surface area contributed by atoms with Gasteiger partial charge in [-0.2, -0.15) is 37.3 Å². The number of anilines is 1. The zero-order valence-electron chi connectivity index (χ0n) is 26.9. The first-order chi connectivity index (χ1) is 24.7. The number of rotatable bonds is 9. The largest absolute Gasteiger partial charge is 0.508 e. The van der Waals surface area contributed by atoms with Gasteiger partial charge in [0, 0.05) is 0 Å². The molecule has 0 bridgehead atoms. The van der Waals surface area contributed by atoms with E-state index in [4.69, 9.17) is 5.73 Å². The quantitative estimate of drug-likeness (QED) is 0.0537. The van der Waals surface area contributed by atoms with Crippen molar-refractivity contribution in [2.24, 2.45) is 30.7 Å². The number of phenols is 2. The Morgan fingerprint density at radius 3 is 1.50 bits per heavy atom. The van der Waals surface area contributed by atoms with Gasteiger partial charge in [-0.3, -0.25) is 9.11 Å². The van der Waals surface area contributed by atoms with Crippen LogP contribution in [0.4, 0.5) is 39.8 Å². The molecule has 0 saturated carbocycles. The van der Waals surface area contributed by atoms with Gasteiger partial charge in [-0.05, 0) is 95.7 Å². The predicted octanol–water partition coefficient (Wildman–Crippen LogP) is 9.55. The van der Waals surface area contributed by atoms with Gasteiger partial charge in [0.25, 0.3) is 20.2 Å². The number of nitrogen functional groups attached to an aromatic ring is 1. The second-order valence-electron chi connectivity index (χ2n) is 11.3. The van der Waals surface area contributed by atoms with E-state index in [9.17, 15) is 36.2 Å². The number of benzene rings is 6. The van der Waals surface area contributed by atoms with Gasteiger partial charge >= 0.3 is 0 Å². The summed E-state index contributed by atoms with van der Waals surface area (Å²) >= 11 is 0. The molecule has 52 heavy (non-hydrogen) atoms. The maximum absolute atomic E-state index is 12.4. The van der Waals surface area contributed by atoms with Crippen LogP contribution in [0.1, 0.15) is 5.56 Å². The molecule has 6 aromatic carbocycles. The molecular weight excluding hydrogens is 711 g/mol. The summed E-state index contributed by atoms with van der Waals surface area (Å²) < 4.78 is 69.4. The van der Waals surface area contributed by atoms with Gasteiger partial charge in [0.2, 0.25) is 0 Å². The number of nitrogens with zero attached hydrogens (tertiary/aromatic N) is 6. The van der Waals surface area contributed by atoms with Crippen LogP contribution in [-0.2, 0) is 20.2 Å². The van der Waals surface area contributed by atoms with Crippen LogP contribution in [0.3, 0.4) is 0 Å². The smallest absolute Gasteiger partial charge is 0.296 e. The van der Waals surface area contributed by atoms with E-state index in [1.165, 1.54) is 0 Å². The van der Waals surface area contributed by atoms with Crippen molar-refractivity contribution in [1.29, 1.82) is 0 Å². The van der Waals surface area contributed by atoms with Gasteiger partial charge in [-0.15, -0.1) is 10.2 Å².